The predicted octanol–water partition coefficient (Wildman–Crippen LogP) is 4.34. The van der Waals surface area contributed by atoms with Crippen molar-refractivity contribution in [3.8, 4) is 5.82 Å². The molecule has 1 aliphatic heterocycles. The largest absolute Gasteiger partial charge is 0.396 e. The average Bonchev–Trinajstić information content (AvgIpc) is 3.35. The number of piperidine rings is 1. The predicted molar refractivity (Wildman–Crippen MR) is 134 cm³/mol. The normalized spacial score (nSPS) is 15.4. The van der Waals surface area contributed by atoms with Crippen LogP contribution in [0.25, 0.3) is 5.82 Å². The van der Waals surface area contributed by atoms with Crippen LogP contribution in [0.4, 0.5) is 11.4 Å². The molecule has 1 saturated heterocycles. The molecule has 0 spiro atoms. The quantitative estimate of drug-likeness (QED) is 0.359. The summed E-state index contributed by atoms with van der Waals surface area (Å²) in [4.78, 5) is 19.0. The van der Waals surface area contributed by atoms with Gasteiger partial charge in [-0.25, -0.2) is 9.67 Å². The second-order valence-corrected chi connectivity index (χ2v) is 9.31. The zero-order chi connectivity index (χ0) is 23.2. The molecule has 1 atom stereocenters. The van der Waals surface area contributed by atoms with Crippen LogP contribution in [0.1, 0.15) is 43.4 Å². The first-order valence-corrected chi connectivity index (χ1v) is 12.3. The van der Waals surface area contributed by atoms with Gasteiger partial charge in [0.25, 0.3) is 0 Å². The molecule has 1 aliphatic rings. The third-order valence-electron chi connectivity index (χ3n) is 6.49. The molecular weight excluding hydrogens is 434 g/mol. The minimum atomic E-state index is 0.0858. The molecule has 3 heterocycles. The molecular formula is C25H31N5O2S. The van der Waals surface area contributed by atoms with E-state index in [2.05, 4.69) is 34.3 Å². The number of rotatable bonds is 9. The lowest BCUT2D eigenvalue weighted by molar-refractivity contribution is 0.240. The van der Waals surface area contributed by atoms with Gasteiger partial charge in [-0.15, -0.1) is 0 Å². The fourth-order valence-corrected chi connectivity index (χ4v) is 5.00. The molecule has 0 amide bonds. The van der Waals surface area contributed by atoms with Crippen molar-refractivity contribution in [1.82, 2.24) is 14.8 Å². The van der Waals surface area contributed by atoms with Crippen molar-refractivity contribution in [2.24, 2.45) is 5.92 Å². The Hall–Kier alpha value is -2.84. The van der Waals surface area contributed by atoms with E-state index in [0.29, 0.717) is 5.92 Å². The van der Waals surface area contributed by atoms with Crippen molar-refractivity contribution in [1.29, 1.82) is 0 Å². The molecule has 2 aromatic heterocycles. The van der Waals surface area contributed by atoms with Gasteiger partial charge >= 0.3 is 0 Å². The second-order valence-electron chi connectivity index (χ2n) is 8.44. The topological polar surface area (TPSA) is 83.3 Å². The van der Waals surface area contributed by atoms with E-state index in [0.717, 1.165) is 71.3 Å². The number of anilines is 2. The molecule has 2 N–H and O–H groups in total. The minimum absolute atomic E-state index is 0.0858. The highest BCUT2D eigenvalue weighted by molar-refractivity contribution is 8.12. The van der Waals surface area contributed by atoms with E-state index in [1.165, 1.54) is 11.8 Å². The monoisotopic (exact) mass is 465 g/mol. The van der Waals surface area contributed by atoms with Crippen LogP contribution in [0.15, 0.2) is 53.7 Å². The van der Waals surface area contributed by atoms with Gasteiger partial charge in [-0.2, -0.15) is 5.10 Å². The fraction of sp³-hybridized carbons (Fsp3) is 0.400. The lowest BCUT2D eigenvalue weighted by Gasteiger charge is -2.33. The third kappa shape index (κ3) is 5.39. The zero-order valence-corrected chi connectivity index (χ0v) is 20.0. The Morgan fingerprint density at radius 2 is 2.06 bits per heavy atom. The van der Waals surface area contributed by atoms with E-state index in [9.17, 15) is 4.79 Å². The second kappa shape index (κ2) is 10.9. The summed E-state index contributed by atoms with van der Waals surface area (Å²) in [6.45, 7) is 4.41. The van der Waals surface area contributed by atoms with Crippen LogP contribution in [0, 0.1) is 5.92 Å². The Labute approximate surface area is 199 Å². The summed E-state index contributed by atoms with van der Waals surface area (Å²) in [7, 11) is 1.85. The highest BCUT2D eigenvalue weighted by Gasteiger charge is 2.19. The number of nitrogens with zero attached hydrogens (tertiary/aromatic N) is 4. The van der Waals surface area contributed by atoms with Crippen molar-refractivity contribution in [2.45, 2.75) is 37.0 Å². The lowest BCUT2D eigenvalue weighted by atomic mass is 9.94. The Morgan fingerprint density at radius 1 is 1.24 bits per heavy atom. The van der Waals surface area contributed by atoms with Crippen molar-refractivity contribution in [2.75, 3.05) is 37.0 Å². The van der Waals surface area contributed by atoms with Crippen molar-refractivity contribution >= 4 is 28.8 Å². The number of carbonyl (C=O) groups excluding carboxylic acids is 1. The van der Waals surface area contributed by atoms with Crippen LogP contribution < -0.4 is 10.2 Å². The lowest BCUT2D eigenvalue weighted by Crippen LogP contribution is -2.34. The van der Waals surface area contributed by atoms with Crippen molar-refractivity contribution < 1.29 is 9.90 Å². The molecule has 0 radical (unpaired) electrons. The number of aliphatic hydroxyl groups excluding tert-OH is 1. The van der Waals surface area contributed by atoms with Crippen molar-refractivity contribution in [3.05, 3.63) is 60.0 Å². The number of nitrogens with one attached hydrogen (secondary N) is 1. The number of carbonyl (C=O) groups is 1. The van der Waals surface area contributed by atoms with Gasteiger partial charge in [-0.05, 0) is 61.1 Å². The summed E-state index contributed by atoms with van der Waals surface area (Å²) in [5, 5.41) is 17.0. The first-order valence-electron chi connectivity index (χ1n) is 11.4. The van der Waals surface area contributed by atoms with Gasteiger partial charge in [0.2, 0.25) is 0 Å². The summed E-state index contributed by atoms with van der Waals surface area (Å²) in [6, 6.07) is 12.3. The van der Waals surface area contributed by atoms with Crippen LogP contribution in [-0.2, 0) is 4.79 Å². The maximum atomic E-state index is 11.0. The summed E-state index contributed by atoms with van der Waals surface area (Å²) in [5.74, 6) is 1.50. The van der Waals surface area contributed by atoms with Gasteiger partial charge in [-0.1, -0.05) is 24.8 Å². The Balaban J connectivity index is 1.45. The number of aliphatic hydroxyl groups is 1. The van der Waals surface area contributed by atoms with Crippen LogP contribution in [0.2, 0.25) is 0 Å². The van der Waals surface area contributed by atoms with Gasteiger partial charge in [0, 0.05) is 49.4 Å². The van der Waals surface area contributed by atoms with Crippen molar-refractivity contribution in [3.63, 3.8) is 0 Å². The molecule has 1 fully saturated rings. The highest BCUT2D eigenvalue weighted by atomic mass is 32.2. The summed E-state index contributed by atoms with van der Waals surface area (Å²) < 4.78 is 1.81. The highest BCUT2D eigenvalue weighted by Crippen LogP contribution is 2.32. The molecule has 3 aromatic rings. The molecule has 1 unspecified atom stereocenters. The van der Waals surface area contributed by atoms with Gasteiger partial charge < -0.3 is 15.3 Å². The van der Waals surface area contributed by atoms with E-state index < -0.39 is 0 Å². The van der Waals surface area contributed by atoms with E-state index in [-0.39, 0.29) is 12.5 Å². The molecule has 0 saturated carbocycles. The third-order valence-corrected chi connectivity index (χ3v) is 7.18. The molecule has 7 nitrogen and oxygen atoms in total. The summed E-state index contributed by atoms with van der Waals surface area (Å²) in [5.41, 5.74) is 4.98. The van der Waals surface area contributed by atoms with E-state index in [1.807, 2.05) is 48.4 Å². The number of aromatic nitrogens is 3. The molecule has 8 heteroatoms. The molecule has 33 heavy (non-hydrogen) atoms. The molecule has 174 valence electrons. The van der Waals surface area contributed by atoms with E-state index in [1.54, 1.807) is 0 Å². The number of thioether (sulfide) groups is 1. The van der Waals surface area contributed by atoms with Crippen LogP contribution >= 0.6 is 11.8 Å². The molecule has 0 bridgehead atoms. The number of benzene rings is 1. The van der Waals surface area contributed by atoms with Gasteiger partial charge in [0.05, 0.1) is 17.6 Å². The van der Waals surface area contributed by atoms with E-state index >= 15 is 0 Å². The Kier molecular flexibility index (Phi) is 7.67. The maximum Gasteiger partial charge on any atom is 0.181 e. The SMILES string of the molecule is CNc1ccc(C(C)c2ccn(-c3ccc(N4CCC(CCO)CC4)cn3)n2)cc1SC=O. The molecule has 4 rings (SSSR count). The Morgan fingerprint density at radius 3 is 2.73 bits per heavy atom. The van der Waals surface area contributed by atoms with E-state index in [4.69, 9.17) is 10.2 Å². The average molecular weight is 466 g/mol. The van der Waals surface area contributed by atoms with Crippen LogP contribution in [0.5, 0.6) is 0 Å². The minimum Gasteiger partial charge on any atom is -0.396 e. The van der Waals surface area contributed by atoms with Gasteiger partial charge in [0.1, 0.15) is 0 Å². The molecule has 1 aromatic carbocycles. The standard InChI is InChI=1S/C25H31N5O2S/c1-18(20-3-5-23(26-2)24(15-20)33-17-32)22-9-13-30(28-22)25-6-4-21(16-27-25)29-11-7-19(8-12-29)10-14-31/h3-6,9,13,15-19,26,31H,7-8,10-12,14H2,1-2H3. The maximum absolute atomic E-state index is 11.0. The molecule has 0 aliphatic carbocycles. The number of hydrogen-bond acceptors (Lipinski definition) is 7. The zero-order valence-electron chi connectivity index (χ0n) is 19.1. The first kappa shape index (κ1) is 23.3. The van der Waals surface area contributed by atoms with Gasteiger partial charge in [-0.3, -0.25) is 4.79 Å². The Bertz CT molecular complexity index is 1060. The smallest absolute Gasteiger partial charge is 0.181 e. The fourth-order valence-electron chi connectivity index (χ4n) is 4.39. The number of hydrogen-bond donors (Lipinski definition) is 2. The van der Waals surface area contributed by atoms with Crippen LogP contribution in [-0.4, -0.2) is 52.2 Å². The summed E-state index contributed by atoms with van der Waals surface area (Å²) >= 11 is 1.18. The van der Waals surface area contributed by atoms with Crippen LogP contribution in [0.3, 0.4) is 0 Å². The summed E-state index contributed by atoms with van der Waals surface area (Å²) in [6.07, 6.45) is 7.00. The number of pyridine rings is 1. The van der Waals surface area contributed by atoms with Gasteiger partial charge in [0.15, 0.2) is 11.4 Å². The first-order chi connectivity index (χ1) is 16.1.